The Hall–Kier alpha value is -3.41. The fraction of sp³-hybridized carbons (Fsp3) is 0.115. The molecule has 0 fully saturated rings. The summed E-state index contributed by atoms with van der Waals surface area (Å²) in [5.41, 5.74) is 5.15. The maximum Gasteiger partial charge on any atom is 0.341 e. The maximum absolute atomic E-state index is 12.4. The van der Waals surface area contributed by atoms with Gasteiger partial charge in [0.15, 0.2) is 0 Å². The third-order valence-corrected chi connectivity index (χ3v) is 6.25. The largest absolute Gasteiger partial charge is 0.456 e. The van der Waals surface area contributed by atoms with E-state index >= 15 is 0 Å². The van der Waals surface area contributed by atoms with Crippen LogP contribution in [0.1, 0.15) is 27.2 Å². The van der Waals surface area contributed by atoms with E-state index in [1.54, 1.807) is 12.1 Å². The van der Waals surface area contributed by atoms with Crippen molar-refractivity contribution in [3.8, 4) is 0 Å². The maximum atomic E-state index is 12.4. The number of aromatic nitrogens is 3. The molecule has 0 aliphatic carbocycles. The first-order chi connectivity index (χ1) is 16.0. The number of pyridine rings is 2. The van der Waals surface area contributed by atoms with Crippen LogP contribution in [-0.4, -0.2) is 20.5 Å². The van der Waals surface area contributed by atoms with Crippen molar-refractivity contribution in [3.05, 3.63) is 106 Å². The predicted molar refractivity (Wildman–Crippen MR) is 131 cm³/mol. The number of rotatable bonds is 5. The molecule has 0 N–H and O–H groups in total. The van der Waals surface area contributed by atoms with Crippen molar-refractivity contribution in [2.75, 3.05) is 0 Å². The van der Waals surface area contributed by atoms with Crippen LogP contribution in [0.2, 0.25) is 10.2 Å². The van der Waals surface area contributed by atoms with Crippen molar-refractivity contribution in [3.63, 3.8) is 0 Å². The van der Waals surface area contributed by atoms with Crippen LogP contribution in [0.3, 0.4) is 0 Å². The molecule has 5 nitrogen and oxygen atoms in total. The van der Waals surface area contributed by atoms with Gasteiger partial charge >= 0.3 is 5.97 Å². The van der Waals surface area contributed by atoms with Crippen LogP contribution in [0, 0.1) is 6.92 Å². The van der Waals surface area contributed by atoms with Crippen molar-refractivity contribution in [2.45, 2.75) is 20.1 Å². The van der Waals surface area contributed by atoms with Gasteiger partial charge in [-0.25, -0.2) is 9.78 Å². The highest BCUT2D eigenvalue weighted by Gasteiger charge is 2.16. The van der Waals surface area contributed by atoms with Gasteiger partial charge < -0.3 is 9.30 Å². The Kier molecular flexibility index (Phi) is 5.75. The Labute approximate surface area is 200 Å². The number of carbonyl (C=O) groups is 1. The van der Waals surface area contributed by atoms with Gasteiger partial charge in [-0.2, -0.15) is 0 Å². The fourth-order valence-electron chi connectivity index (χ4n) is 3.99. The summed E-state index contributed by atoms with van der Waals surface area (Å²) >= 11 is 12.5. The third kappa shape index (κ3) is 4.17. The number of esters is 1. The summed E-state index contributed by atoms with van der Waals surface area (Å²) in [6.07, 6.45) is 3.34. The third-order valence-electron chi connectivity index (χ3n) is 5.58. The van der Waals surface area contributed by atoms with Crippen molar-refractivity contribution in [1.29, 1.82) is 0 Å². The first-order valence-electron chi connectivity index (χ1n) is 10.4. The lowest BCUT2D eigenvalue weighted by Crippen LogP contribution is -2.07. The van der Waals surface area contributed by atoms with Crippen LogP contribution in [0.4, 0.5) is 0 Å². The Morgan fingerprint density at radius 3 is 2.67 bits per heavy atom. The molecule has 5 aromatic rings. The lowest BCUT2D eigenvalue weighted by Gasteiger charge is -2.10. The highest BCUT2D eigenvalue weighted by molar-refractivity contribution is 6.32. The van der Waals surface area contributed by atoms with Crippen LogP contribution in [0.5, 0.6) is 0 Å². The summed E-state index contributed by atoms with van der Waals surface area (Å²) in [5, 5.41) is 2.98. The first kappa shape index (κ1) is 21.4. The molecule has 33 heavy (non-hydrogen) atoms. The van der Waals surface area contributed by atoms with Gasteiger partial charge in [-0.15, -0.1) is 0 Å². The number of fused-ring (bicyclic) bond motifs is 3. The summed E-state index contributed by atoms with van der Waals surface area (Å²) < 4.78 is 7.65. The molecule has 0 radical (unpaired) electrons. The monoisotopic (exact) mass is 475 g/mol. The number of hydrogen-bond donors (Lipinski definition) is 0. The molecule has 0 atom stereocenters. The lowest BCUT2D eigenvalue weighted by atomic mass is 10.1. The molecule has 0 spiro atoms. The van der Waals surface area contributed by atoms with E-state index in [9.17, 15) is 4.79 Å². The van der Waals surface area contributed by atoms with Crippen LogP contribution in [-0.2, 0) is 17.9 Å². The number of aryl methyl sites for hydroxylation is 1. The molecule has 5 rings (SSSR count). The molecule has 0 saturated carbocycles. The number of carbonyl (C=O) groups excluding carboxylic acids is 1. The molecule has 0 unspecified atom stereocenters. The summed E-state index contributed by atoms with van der Waals surface area (Å²) in [7, 11) is 0. The van der Waals surface area contributed by atoms with Crippen molar-refractivity contribution in [1.82, 2.24) is 14.5 Å². The second-order valence-corrected chi connectivity index (χ2v) is 8.57. The highest BCUT2D eigenvalue weighted by Crippen LogP contribution is 2.31. The van der Waals surface area contributed by atoms with E-state index in [4.69, 9.17) is 27.9 Å². The standard InChI is InChI=1S/C26H19Cl2N3O2/c1-16-8-9-22(27)17(11-16)14-31-23-7-3-2-5-19(23)21-12-18(30-13-24(21)31)15-33-26(32)20-6-4-10-29-25(20)28/h2-13H,14-15H2,1H3. The summed E-state index contributed by atoms with van der Waals surface area (Å²) in [4.78, 5) is 20.9. The summed E-state index contributed by atoms with van der Waals surface area (Å²) in [6.45, 7) is 2.71. The SMILES string of the molecule is Cc1ccc(Cl)c(Cn2c3ccccc3c3cc(COC(=O)c4cccnc4Cl)ncc32)c1. The van der Waals surface area contributed by atoms with Gasteiger partial charge in [0.25, 0.3) is 0 Å². The number of nitrogens with zero attached hydrogens (tertiary/aromatic N) is 3. The van der Waals surface area contributed by atoms with E-state index in [0.717, 1.165) is 38.0 Å². The van der Waals surface area contributed by atoms with E-state index in [2.05, 4.69) is 39.7 Å². The van der Waals surface area contributed by atoms with E-state index in [1.165, 1.54) is 6.20 Å². The topological polar surface area (TPSA) is 57.0 Å². The van der Waals surface area contributed by atoms with Gasteiger partial charge in [-0.1, -0.05) is 59.1 Å². The van der Waals surface area contributed by atoms with E-state index in [0.29, 0.717) is 12.2 Å². The number of para-hydroxylation sites is 1. The zero-order valence-electron chi connectivity index (χ0n) is 17.8. The zero-order valence-corrected chi connectivity index (χ0v) is 19.3. The molecule has 0 bridgehead atoms. The van der Waals surface area contributed by atoms with Crippen LogP contribution in [0.25, 0.3) is 21.8 Å². The molecule has 164 valence electrons. The Balaban J connectivity index is 1.50. The lowest BCUT2D eigenvalue weighted by molar-refractivity contribution is 0.0467. The Morgan fingerprint density at radius 1 is 0.970 bits per heavy atom. The minimum Gasteiger partial charge on any atom is -0.456 e. The minimum absolute atomic E-state index is 0.0310. The minimum atomic E-state index is -0.536. The second-order valence-electron chi connectivity index (χ2n) is 7.81. The number of ether oxygens (including phenoxy) is 1. The number of benzene rings is 2. The fourth-order valence-corrected chi connectivity index (χ4v) is 4.36. The molecule has 0 amide bonds. The molecular weight excluding hydrogens is 457 g/mol. The molecule has 2 aromatic carbocycles. The smallest absolute Gasteiger partial charge is 0.341 e. The zero-order chi connectivity index (χ0) is 22.9. The average Bonchev–Trinajstić information content (AvgIpc) is 3.13. The van der Waals surface area contributed by atoms with Crippen molar-refractivity contribution >= 4 is 51.0 Å². The van der Waals surface area contributed by atoms with E-state index in [-0.39, 0.29) is 17.3 Å². The highest BCUT2D eigenvalue weighted by atomic mass is 35.5. The molecule has 3 aromatic heterocycles. The van der Waals surface area contributed by atoms with Gasteiger partial charge in [-0.3, -0.25) is 4.98 Å². The average molecular weight is 476 g/mol. The van der Waals surface area contributed by atoms with Gasteiger partial charge in [0.05, 0.1) is 23.0 Å². The van der Waals surface area contributed by atoms with Crippen LogP contribution < -0.4 is 0 Å². The van der Waals surface area contributed by atoms with E-state index < -0.39 is 5.97 Å². The number of halogens is 2. The Morgan fingerprint density at radius 2 is 1.82 bits per heavy atom. The molecule has 0 aliphatic heterocycles. The quantitative estimate of drug-likeness (QED) is 0.212. The number of hydrogen-bond acceptors (Lipinski definition) is 4. The van der Waals surface area contributed by atoms with Crippen LogP contribution in [0.15, 0.2) is 73.1 Å². The van der Waals surface area contributed by atoms with Crippen LogP contribution >= 0.6 is 23.2 Å². The van der Waals surface area contributed by atoms with Gasteiger partial charge in [0, 0.05) is 34.1 Å². The Bertz CT molecular complexity index is 1510. The molecule has 7 heteroatoms. The van der Waals surface area contributed by atoms with Gasteiger partial charge in [0.1, 0.15) is 11.8 Å². The van der Waals surface area contributed by atoms with Gasteiger partial charge in [0.2, 0.25) is 0 Å². The predicted octanol–water partition coefficient (Wildman–Crippen LogP) is 6.61. The summed E-state index contributed by atoms with van der Waals surface area (Å²) in [6, 6.07) is 19.4. The second kappa shape index (κ2) is 8.85. The van der Waals surface area contributed by atoms with Gasteiger partial charge in [-0.05, 0) is 42.8 Å². The molecule has 0 saturated heterocycles. The first-order valence-corrected chi connectivity index (χ1v) is 11.2. The van der Waals surface area contributed by atoms with Crippen molar-refractivity contribution in [2.24, 2.45) is 0 Å². The van der Waals surface area contributed by atoms with E-state index in [1.807, 2.05) is 36.5 Å². The summed E-state index contributed by atoms with van der Waals surface area (Å²) in [5.74, 6) is -0.536. The molecular formula is C26H19Cl2N3O2. The molecule has 0 aliphatic rings. The normalized spacial score (nSPS) is 11.2. The van der Waals surface area contributed by atoms with Crippen molar-refractivity contribution < 1.29 is 9.53 Å². The molecule has 3 heterocycles.